The van der Waals surface area contributed by atoms with Gasteiger partial charge in [-0.05, 0) is 25.0 Å². The van der Waals surface area contributed by atoms with Crippen LogP contribution in [0.2, 0.25) is 0 Å². The maximum atomic E-state index is 5.83. The van der Waals surface area contributed by atoms with Crippen LogP contribution >= 0.6 is 11.6 Å². The number of aromatic nitrogens is 1. The third-order valence-corrected chi connectivity index (χ3v) is 3.94. The minimum atomic E-state index is 0.492. The molecule has 2 nitrogen and oxygen atoms in total. The second kappa shape index (κ2) is 6.25. The summed E-state index contributed by atoms with van der Waals surface area (Å²) in [5, 5.41) is 0. The van der Waals surface area contributed by atoms with Crippen LogP contribution in [0.3, 0.4) is 0 Å². The number of nitrogens with zero attached hydrogens (tertiary/aromatic N) is 2. The van der Waals surface area contributed by atoms with Gasteiger partial charge in [0.25, 0.3) is 0 Å². The average Bonchev–Trinajstić information content (AvgIpc) is 2.67. The summed E-state index contributed by atoms with van der Waals surface area (Å²) in [7, 11) is 2.16. The Morgan fingerprint density at radius 1 is 1.24 bits per heavy atom. The zero-order valence-corrected chi connectivity index (χ0v) is 11.3. The highest BCUT2D eigenvalue weighted by molar-refractivity contribution is 6.16. The summed E-state index contributed by atoms with van der Waals surface area (Å²) < 4.78 is 0. The van der Waals surface area contributed by atoms with Crippen LogP contribution in [0.25, 0.3) is 0 Å². The van der Waals surface area contributed by atoms with Crippen molar-refractivity contribution in [3.8, 4) is 0 Å². The van der Waals surface area contributed by atoms with Gasteiger partial charge in [-0.25, -0.2) is 4.98 Å². The first-order valence-corrected chi connectivity index (χ1v) is 7.09. The maximum absolute atomic E-state index is 5.83. The van der Waals surface area contributed by atoms with Crippen molar-refractivity contribution < 1.29 is 0 Å². The average molecular weight is 253 g/mol. The number of alkyl halides is 1. The third-order valence-electron chi connectivity index (χ3n) is 3.66. The van der Waals surface area contributed by atoms with Gasteiger partial charge >= 0.3 is 0 Å². The van der Waals surface area contributed by atoms with Crippen molar-refractivity contribution in [2.24, 2.45) is 0 Å². The quantitative estimate of drug-likeness (QED) is 0.598. The predicted molar refractivity (Wildman–Crippen MR) is 73.7 cm³/mol. The van der Waals surface area contributed by atoms with E-state index in [1.165, 1.54) is 38.5 Å². The molecule has 3 heteroatoms. The van der Waals surface area contributed by atoms with E-state index in [1.807, 2.05) is 12.1 Å². The number of rotatable bonds is 3. The van der Waals surface area contributed by atoms with Gasteiger partial charge in [-0.1, -0.05) is 31.7 Å². The van der Waals surface area contributed by atoms with Crippen molar-refractivity contribution in [2.45, 2.75) is 50.4 Å². The highest BCUT2D eigenvalue weighted by Gasteiger charge is 2.18. The van der Waals surface area contributed by atoms with Crippen LogP contribution in [0.5, 0.6) is 0 Å². The molecule has 94 valence electrons. The van der Waals surface area contributed by atoms with Crippen molar-refractivity contribution in [3.05, 3.63) is 23.9 Å². The van der Waals surface area contributed by atoms with E-state index >= 15 is 0 Å². The smallest absolute Gasteiger partial charge is 0.128 e. The van der Waals surface area contributed by atoms with E-state index in [4.69, 9.17) is 11.6 Å². The molecule has 1 fully saturated rings. The fourth-order valence-corrected chi connectivity index (χ4v) is 2.72. The highest BCUT2D eigenvalue weighted by atomic mass is 35.5. The van der Waals surface area contributed by atoms with Crippen molar-refractivity contribution >= 4 is 17.4 Å². The van der Waals surface area contributed by atoms with Crippen LogP contribution in [0, 0.1) is 0 Å². The molecule has 17 heavy (non-hydrogen) atoms. The summed E-state index contributed by atoms with van der Waals surface area (Å²) in [6.07, 6.45) is 8.07. The molecule has 0 amide bonds. The summed E-state index contributed by atoms with van der Waals surface area (Å²) in [5.41, 5.74) is 0.963. The van der Waals surface area contributed by atoms with Crippen LogP contribution in [-0.2, 0) is 5.88 Å². The van der Waals surface area contributed by atoms with E-state index in [1.54, 1.807) is 0 Å². The van der Waals surface area contributed by atoms with E-state index in [-0.39, 0.29) is 0 Å². The lowest BCUT2D eigenvalue weighted by Gasteiger charge is -2.28. The molecule has 0 spiro atoms. The van der Waals surface area contributed by atoms with E-state index < -0.39 is 0 Å². The lowest BCUT2D eigenvalue weighted by atomic mass is 10.1. The molecule has 0 bridgehead atoms. The van der Waals surface area contributed by atoms with Crippen molar-refractivity contribution in [2.75, 3.05) is 11.9 Å². The zero-order valence-electron chi connectivity index (χ0n) is 10.5. The standard InChI is InChI=1S/C14H21ClN2/c1-17(13-8-4-2-3-5-9-13)14-10-6-7-12(11-15)16-14/h6-7,10,13H,2-5,8-9,11H2,1H3. The summed E-state index contributed by atoms with van der Waals surface area (Å²) in [4.78, 5) is 6.93. The van der Waals surface area contributed by atoms with Gasteiger partial charge in [-0.3, -0.25) is 0 Å². The maximum Gasteiger partial charge on any atom is 0.128 e. The SMILES string of the molecule is CN(c1cccc(CCl)n1)C1CCCCCC1. The molecule has 1 aliphatic carbocycles. The normalized spacial score (nSPS) is 17.8. The minimum absolute atomic E-state index is 0.492. The summed E-state index contributed by atoms with van der Waals surface area (Å²) in [6.45, 7) is 0. The molecular formula is C14H21ClN2. The van der Waals surface area contributed by atoms with Crippen LogP contribution in [-0.4, -0.2) is 18.1 Å². The Balaban J connectivity index is 2.08. The molecule has 0 atom stereocenters. The lowest BCUT2D eigenvalue weighted by molar-refractivity contribution is 0.549. The Morgan fingerprint density at radius 3 is 2.59 bits per heavy atom. The second-order valence-electron chi connectivity index (χ2n) is 4.88. The van der Waals surface area contributed by atoms with Crippen LogP contribution < -0.4 is 4.90 Å². The Bertz CT molecular complexity index is 346. The summed E-state index contributed by atoms with van der Waals surface area (Å²) in [5.74, 6) is 1.56. The van der Waals surface area contributed by atoms with Crippen molar-refractivity contribution in [3.63, 3.8) is 0 Å². The van der Waals surface area contributed by atoms with Crippen molar-refractivity contribution in [1.82, 2.24) is 4.98 Å². The molecule has 0 saturated heterocycles. The molecule has 2 rings (SSSR count). The number of hydrogen-bond acceptors (Lipinski definition) is 2. The van der Waals surface area contributed by atoms with Crippen LogP contribution in [0.15, 0.2) is 18.2 Å². The largest absolute Gasteiger partial charge is 0.357 e. The molecule has 1 aromatic rings. The van der Waals surface area contributed by atoms with Crippen LogP contribution in [0.1, 0.15) is 44.2 Å². The molecule has 0 aromatic carbocycles. The van der Waals surface area contributed by atoms with E-state index in [9.17, 15) is 0 Å². The Labute approximate surface area is 109 Å². The number of pyridine rings is 1. The Kier molecular flexibility index (Phi) is 4.66. The predicted octanol–water partition coefficient (Wildman–Crippen LogP) is 3.98. The number of halogens is 1. The molecule has 1 saturated carbocycles. The van der Waals surface area contributed by atoms with Gasteiger partial charge in [0.15, 0.2) is 0 Å². The summed E-state index contributed by atoms with van der Waals surface area (Å²) >= 11 is 5.83. The topological polar surface area (TPSA) is 16.1 Å². The monoisotopic (exact) mass is 252 g/mol. The highest BCUT2D eigenvalue weighted by Crippen LogP contribution is 2.24. The molecule has 0 aliphatic heterocycles. The first-order valence-electron chi connectivity index (χ1n) is 6.56. The minimum Gasteiger partial charge on any atom is -0.357 e. The molecule has 1 aromatic heterocycles. The fourth-order valence-electron chi connectivity index (χ4n) is 2.57. The first-order chi connectivity index (χ1) is 8.31. The van der Waals surface area contributed by atoms with E-state index in [2.05, 4.69) is 23.0 Å². The molecule has 0 N–H and O–H groups in total. The third kappa shape index (κ3) is 3.35. The molecule has 0 unspecified atom stereocenters. The van der Waals surface area contributed by atoms with Gasteiger partial charge in [-0.15, -0.1) is 11.6 Å². The number of anilines is 1. The van der Waals surface area contributed by atoms with Crippen molar-refractivity contribution in [1.29, 1.82) is 0 Å². The molecule has 0 radical (unpaired) electrons. The van der Waals surface area contributed by atoms with Gasteiger partial charge in [0.05, 0.1) is 11.6 Å². The second-order valence-corrected chi connectivity index (χ2v) is 5.14. The number of hydrogen-bond donors (Lipinski definition) is 0. The molecular weight excluding hydrogens is 232 g/mol. The lowest BCUT2D eigenvalue weighted by Crippen LogP contribution is -2.31. The van der Waals surface area contributed by atoms with Crippen LogP contribution in [0.4, 0.5) is 5.82 Å². The van der Waals surface area contributed by atoms with Gasteiger partial charge in [0.1, 0.15) is 5.82 Å². The zero-order chi connectivity index (χ0) is 12.1. The Hall–Kier alpha value is -0.760. The fraction of sp³-hybridized carbons (Fsp3) is 0.643. The van der Waals surface area contributed by atoms with E-state index in [0.29, 0.717) is 11.9 Å². The van der Waals surface area contributed by atoms with Gasteiger partial charge in [-0.2, -0.15) is 0 Å². The Morgan fingerprint density at radius 2 is 1.94 bits per heavy atom. The first kappa shape index (κ1) is 12.7. The van der Waals surface area contributed by atoms with Gasteiger partial charge < -0.3 is 4.90 Å². The molecule has 1 heterocycles. The van der Waals surface area contributed by atoms with Gasteiger partial charge in [0.2, 0.25) is 0 Å². The van der Waals surface area contributed by atoms with Gasteiger partial charge in [0, 0.05) is 13.1 Å². The van der Waals surface area contributed by atoms with E-state index in [0.717, 1.165) is 11.5 Å². The molecule has 1 aliphatic rings. The summed E-state index contributed by atoms with van der Waals surface area (Å²) in [6, 6.07) is 6.77.